The van der Waals surface area contributed by atoms with Crippen LogP contribution in [0.1, 0.15) is 13.3 Å². The zero-order chi connectivity index (χ0) is 11.3. The summed E-state index contributed by atoms with van der Waals surface area (Å²) >= 11 is 0. The summed E-state index contributed by atoms with van der Waals surface area (Å²) in [5, 5.41) is 8.53. The summed E-state index contributed by atoms with van der Waals surface area (Å²) in [4.78, 5) is 16.0. The van der Waals surface area contributed by atoms with Crippen molar-refractivity contribution in [2.45, 2.75) is 13.3 Å². The molecular formula is C10H11FN2O2. The van der Waals surface area contributed by atoms with Gasteiger partial charge in [-0.2, -0.15) is 0 Å². The van der Waals surface area contributed by atoms with Crippen molar-refractivity contribution in [3.05, 3.63) is 30.3 Å². The third kappa shape index (κ3) is 3.38. The maximum absolute atomic E-state index is 12.4. The quantitative estimate of drug-likeness (QED) is 0.758. The lowest BCUT2D eigenvalue weighted by molar-refractivity contribution is -0.136. The molecule has 0 aromatic carbocycles. The van der Waals surface area contributed by atoms with Gasteiger partial charge >= 0.3 is 5.97 Å². The Bertz CT molecular complexity index is 453. The lowest BCUT2D eigenvalue weighted by atomic mass is 10.3. The minimum Gasteiger partial charge on any atom is -0.481 e. The van der Waals surface area contributed by atoms with E-state index in [1.165, 1.54) is 12.3 Å². The monoisotopic (exact) mass is 210 g/mol. The third-order valence-corrected chi connectivity index (χ3v) is 1.67. The van der Waals surface area contributed by atoms with E-state index in [1.54, 1.807) is 19.2 Å². The molecule has 2 N–H and O–H groups in total. The molecule has 2 heterocycles. The molecule has 0 aliphatic carbocycles. The predicted octanol–water partition coefficient (Wildman–Crippen LogP) is 2.18. The van der Waals surface area contributed by atoms with E-state index in [9.17, 15) is 9.18 Å². The van der Waals surface area contributed by atoms with Gasteiger partial charge in [0.1, 0.15) is 11.5 Å². The van der Waals surface area contributed by atoms with Gasteiger partial charge in [0.15, 0.2) is 0 Å². The number of aromatic amines is 1. The number of pyridine rings is 1. The second kappa shape index (κ2) is 5.09. The maximum Gasteiger partial charge on any atom is 0.303 e. The number of aliphatic carboxylic acids is 1. The standard InChI is InChI=1S/C7H5FN2.C3H6O2/c8-6-3-5-1-2-9-7(5)10-4-6;1-2-3(4)5/h1-4H,(H,9,10);2H2,1H3,(H,4,5). The Kier molecular flexibility index (Phi) is 3.79. The molecule has 0 amide bonds. The zero-order valence-corrected chi connectivity index (χ0v) is 8.20. The van der Waals surface area contributed by atoms with E-state index < -0.39 is 5.97 Å². The Labute approximate surface area is 85.8 Å². The summed E-state index contributed by atoms with van der Waals surface area (Å²) in [6.45, 7) is 1.60. The van der Waals surface area contributed by atoms with Crippen LogP contribution in [-0.4, -0.2) is 21.0 Å². The topological polar surface area (TPSA) is 66.0 Å². The van der Waals surface area contributed by atoms with Crippen molar-refractivity contribution in [1.29, 1.82) is 0 Å². The number of aromatic nitrogens is 2. The highest BCUT2D eigenvalue weighted by molar-refractivity contribution is 5.74. The van der Waals surface area contributed by atoms with Crippen LogP contribution in [-0.2, 0) is 4.79 Å². The molecule has 0 saturated heterocycles. The average Bonchev–Trinajstić information content (AvgIpc) is 2.65. The first-order valence-corrected chi connectivity index (χ1v) is 4.44. The van der Waals surface area contributed by atoms with E-state index in [2.05, 4.69) is 9.97 Å². The average molecular weight is 210 g/mol. The normalized spacial score (nSPS) is 9.47. The van der Waals surface area contributed by atoms with Crippen LogP contribution in [0.5, 0.6) is 0 Å². The fourth-order valence-electron chi connectivity index (χ4n) is 0.913. The van der Waals surface area contributed by atoms with Gasteiger partial charge in [-0.3, -0.25) is 4.79 Å². The highest BCUT2D eigenvalue weighted by Crippen LogP contribution is 2.09. The largest absolute Gasteiger partial charge is 0.481 e. The van der Waals surface area contributed by atoms with Gasteiger partial charge in [-0.15, -0.1) is 0 Å². The maximum atomic E-state index is 12.4. The number of carbonyl (C=O) groups is 1. The van der Waals surface area contributed by atoms with Crippen LogP contribution in [0, 0.1) is 5.82 Å². The molecule has 0 fully saturated rings. The molecule has 80 valence electrons. The Morgan fingerprint density at radius 3 is 2.93 bits per heavy atom. The van der Waals surface area contributed by atoms with Crippen LogP contribution in [0.3, 0.4) is 0 Å². The molecule has 0 spiro atoms. The molecule has 0 saturated carbocycles. The molecule has 0 atom stereocenters. The van der Waals surface area contributed by atoms with Crippen molar-refractivity contribution in [1.82, 2.24) is 9.97 Å². The molecule has 4 nitrogen and oxygen atoms in total. The van der Waals surface area contributed by atoms with Gasteiger partial charge in [0.05, 0.1) is 6.20 Å². The number of hydrogen-bond acceptors (Lipinski definition) is 2. The Morgan fingerprint density at radius 1 is 1.67 bits per heavy atom. The van der Waals surface area contributed by atoms with E-state index in [4.69, 9.17) is 5.11 Å². The summed E-state index contributed by atoms with van der Waals surface area (Å²) in [6, 6.07) is 3.23. The van der Waals surface area contributed by atoms with Crippen molar-refractivity contribution in [2.24, 2.45) is 0 Å². The van der Waals surface area contributed by atoms with E-state index in [-0.39, 0.29) is 12.2 Å². The van der Waals surface area contributed by atoms with Gasteiger partial charge in [-0.25, -0.2) is 9.37 Å². The molecular weight excluding hydrogens is 199 g/mol. The van der Waals surface area contributed by atoms with Gasteiger partial charge in [-0.05, 0) is 12.1 Å². The number of H-pyrrole nitrogens is 1. The number of nitrogens with zero attached hydrogens (tertiary/aromatic N) is 1. The first-order chi connectivity index (χ1) is 7.13. The van der Waals surface area contributed by atoms with E-state index in [0.29, 0.717) is 0 Å². The molecule has 2 rings (SSSR count). The van der Waals surface area contributed by atoms with Crippen molar-refractivity contribution in [3.8, 4) is 0 Å². The second-order valence-corrected chi connectivity index (χ2v) is 2.82. The van der Waals surface area contributed by atoms with Crippen LogP contribution in [0.2, 0.25) is 0 Å². The second-order valence-electron chi connectivity index (χ2n) is 2.82. The van der Waals surface area contributed by atoms with Gasteiger partial charge in [0, 0.05) is 18.0 Å². The van der Waals surface area contributed by atoms with Gasteiger partial charge in [-0.1, -0.05) is 6.92 Å². The molecule has 2 aromatic rings. The predicted molar refractivity (Wildman–Crippen MR) is 54.0 cm³/mol. The van der Waals surface area contributed by atoms with E-state index >= 15 is 0 Å². The minimum absolute atomic E-state index is 0.222. The van der Waals surface area contributed by atoms with Crippen molar-refractivity contribution >= 4 is 17.0 Å². The molecule has 0 aliphatic rings. The summed E-state index contributed by atoms with van der Waals surface area (Å²) < 4.78 is 12.4. The Balaban J connectivity index is 0.000000195. The van der Waals surface area contributed by atoms with Crippen molar-refractivity contribution in [2.75, 3.05) is 0 Å². The highest BCUT2D eigenvalue weighted by Gasteiger charge is 1.95. The Morgan fingerprint density at radius 2 is 2.33 bits per heavy atom. The lowest BCUT2D eigenvalue weighted by Gasteiger charge is -1.86. The molecule has 0 aliphatic heterocycles. The van der Waals surface area contributed by atoms with Gasteiger partial charge in [0.25, 0.3) is 0 Å². The molecule has 5 heteroatoms. The number of hydrogen-bond donors (Lipinski definition) is 2. The summed E-state index contributed by atoms with van der Waals surface area (Å²) in [5.41, 5.74) is 0.724. The molecule has 0 bridgehead atoms. The van der Waals surface area contributed by atoms with Crippen molar-refractivity contribution in [3.63, 3.8) is 0 Å². The van der Waals surface area contributed by atoms with Crippen LogP contribution in [0.15, 0.2) is 24.5 Å². The van der Waals surface area contributed by atoms with Crippen molar-refractivity contribution < 1.29 is 14.3 Å². The highest BCUT2D eigenvalue weighted by atomic mass is 19.1. The summed E-state index contributed by atoms with van der Waals surface area (Å²) in [6.07, 6.45) is 3.15. The zero-order valence-electron chi connectivity index (χ0n) is 8.20. The van der Waals surface area contributed by atoms with Gasteiger partial charge < -0.3 is 10.1 Å². The number of halogens is 1. The lowest BCUT2D eigenvalue weighted by Crippen LogP contribution is -1.86. The first-order valence-electron chi connectivity index (χ1n) is 4.44. The molecule has 0 unspecified atom stereocenters. The third-order valence-electron chi connectivity index (χ3n) is 1.67. The number of carboxylic acid groups (broad SMARTS) is 1. The Hall–Kier alpha value is -1.91. The number of rotatable bonds is 1. The van der Waals surface area contributed by atoms with Crippen LogP contribution in [0.4, 0.5) is 4.39 Å². The first kappa shape index (κ1) is 11.2. The van der Waals surface area contributed by atoms with Crippen LogP contribution >= 0.6 is 0 Å². The number of nitrogens with one attached hydrogen (secondary N) is 1. The van der Waals surface area contributed by atoms with Gasteiger partial charge in [0.2, 0.25) is 0 Å². The number of carboxylic acids is 1. The van der Waals surface area contributed by atoms with Crippen LogP contribution < -0.4 is 0 Å². The van der Waals surface area contributed by atoms with E-state index in [1.807, 2.05) is 0 Å². The fourth-order valence-corrected chi connectivity index (χ4v) is 0.913. The van der Waals surface area contributed by atoms with E-state index in [0.717, 1.165) is 11.0 Å². The summed E-state index contributed by atoms with van der Waals surface area (Å²) in [5.74, 6) is -1.04. The fraction of sp³-hybridized carbons (Fsp3) is 0.200. The molecule has 0 radical (unpaired) electrons. The SMILES string of the molecule is CCC(=O)O.Fc1cnc2[nH]ccc2c1. The smallest absolute Gasteiger partial charge is 0.303 e. The summed E-state index contributed by atoms with van der Waals surface area (Å²) in [7, 11) is 0. The minimum atomic E-state index is -0.745. The number of fused-ring (bicyclic) bond motifs is 1. The molecule has 2 aromatic heterocycles. The van der Waals surface area contributed by atoms with Crippen LogP contribution in [0.25, 0.3) is 11.0 Å². The molecule has 15 heavy (non-hydrogen) atoms.